The van der Waals surface area contributed by atoms with Crippen molar-refractivity contribution in [2.24, 2.45) is 11.3 Å². The van der Waals surface area contributed by atoms with E-state index in [2.05, 4.69) is 11.7 Å². The number of aliphatic hydroxyl groups excluding tert-OH is 2. The number of hydrogen-bond acceptors (Lipinski definition) is 5. The third-order valence-corrected chi connectivity index (χ3v) is 7.83. The average molecular weight is 445 g/mol. The Balaban J connectivity index is 1.64. The predicted octanol–water partition coefficient (Wildman–Crippen LogP) is 5.24. The highest BCUT2D eigenvalue weighted by Gasteiger charge is 2.44. The van der Waals surface area contributed by atoms with Gasteiger partial charge in [0.15, 0.2) is 0 Å². The summed E-state index contributed by atoms with van der Waals surface area (Å²) in [6.45, 7) is 2.17. The summed E-state index contributed by atoms with van der Waals surface area (Å²) in [5.74, 6) is -0.409. The lowest BCUT2D eigenvalue weighted by molar-refractivity contribution is -0.140. The fraction of sp³-hybridized carbons (Fsp3) is 0.704. The van der Waals surface area contributed by atoms with Crippen molar-refractivity contribution in [1.82, 2.24) is 0 Å². The summed E-state index contributed by atoms with van der Waals surface area (Å²) in [5.41, 5.74) is 1.88. The number of rotatable bonds is 12. The molecule has 1 aromatic carbocycles. The molecule has 0 saturated heterocycles. The van der Waals surface area contributed by atoms with Crippen molar-refractivity contribution in [1.29, 1.82) is 0 Å². The number of carbonyl (C=O) groups is 2. The monoisotopic (exact) mass is 444 g/mol. The van der Waals surface area contributed by atoms with E-state index in [4.69, 9.17) is 0 Å². The van der Waals surface area contributed by atoms with Crippen LogP contribution in [0.2, 0.25) is 0 Å². The molecule has 2 fully saturated rings. The van der Waals surface area contributed by atoms with Gasteiger partial charge in [0.25, 0.3) is 0 Å². The van der Waals surface area contributed by atoms with Crippen LogP contribution in [0.3, 0.4) is 0 Å². The molecule has 0 radical (unpaired) electrons. The van der Waals surface area contributed by atoms with Gasteiger partial charge in [0.1, 0.15) is 5.78 Å². The van der Waals surface area contributed by atoms with Crippen LogP contribution < -0.4 is 0 Å². The number of ether oxygens (including phenoxy) is 1. The summed E-state index contributed by atoms with van der Waals surface area (Å²) in [6, 6.07) is 7.99. The van der Waals surface area contributed by atoms with Crippen molar-refractivity contribution in [2.75, 3.05) is 7.11 Å². The molecule has 2 aliphatic rings. The van der Waals surface area contributed by atoms with Crippen LogP contribution in [0.25, 0.3) is 0 Å². The second-order valence-electron chi connectivity index (χ2n) is 9.94. The molecule has 178 valence electrons. The van der Waals surface area contributed by atoms with Gasteiger partial charge in [-0.3, -0.25) is 9.59 Å². The first-order valence-electron chi connectivity index (χ1n) is 12.5. The van der Waals surface area contributed by atoms with Crippen molar-refractivity contribution in [2.45, 2.75) is 102 Å². The van der Waals surface area contributed by atoms with E-state index in [1.807, 2.05) is 24.3 Å². The van der Waals surface area contributed by atoms with Gasteiger partial charge in [-0.2, -0.15) is 0 Å². The van der Waals surface area contributed by atoms with Crippen LogP contribution in [-0.4, -0.2) is 35.2 Å². The maximum Gasteiger partial charge on any atom is 0.305 e. The molecule has 1 aromatic rings. The van der Waals surface area contributed by atoms with Crippen LogP contribution >= 0.6 is 0 Å². The van der Waals surface area contributed by atoms with Gasteiger partial charge >= 0.3 is 5.97 Å². The Kier molecular flexibility index (Phi) is 8.89. The van der Waals surface area contributed by atoms with Crippen molar-refractivity contribution < 1.29 is 24.5 Å². The maximum absolute atomic E-state index is 12.7. The predicted molar refractivity (Wildman–Crippen MR) is 124 cm³/mol. The van der Waals surface area contributed by atoms with Crippen LogP contribution in [0, 0.1) is 11.3 Å². The van der Waals surface area contributed by atoms with Crippen molar-refractivity contribution in [3.05, 3.63) is 35.4 Å². The van der Waals surface area contributed by atoms with Crippen LogP contribution in [0.4, 0.5) is 0 Å². The molecule has 2 saturated carbocycles. The van der Waals surface area contributed by atoms with Crippen molar-refractivity contribution >= 4 is 11.8 Å². The van der Waals surface area contributed by atoms with Gasteiger partial charge in [0, 0.05) is 30.1 Å². The Morgan fingerprint density at radius 2 is 1.97 bits per heavy atom. The molecule has 4 atom stereocenters. The minimum atomic E-state index is -0.660. The summed E-state index contributed by atoms with van der Waals surface area (Å²) in [7, 11) is 1.41. The topological polar surface area (TPSA) is 83.8 Å². The number of methoxy groups -OCH3 is 1. The van der Waals surface area contributed by atoms with E-state index in [1.165, 1.54) is 13.5 Å². The number of esters is 1. The third kappa shape index (κ3) is 5.60. The molecule has 0 heterocycles. The molecule has 0 aliphatic heterocycles. The summed E-state index contributed by atoms with van der Waals surface area (Å²) in [5, 5.41) is 21.9. The molecule has 2 N–H and O–H groups in total. The highest BCUT2D eigenvalue weighted by atomic mass is 16.5. The molecule has 2 aliphatic carbocycles. The second kappa shape index (κ2) is 11.4. The molecule has 32 heavy (non-hydrogen) atoms. The number of Topliss-reactive ketones (excluding diaryl/α,β-unsaturated/α-hetero) is 1. The first kappa shape index (κ1) is 24.9. The van der Waals surface area contributed by atoms with Crippen LogP contribution in [0.15, 0.2) is 24.3 Å². The number of unbranched alkanes of at least 4 members (excludes halogenated alkanes) is 3. The van der Waals surface area contributed by atoms with Crippen molar-refractivity contribution in [3.63, 3.8) is 0 Å². The molecule has 0 spiro atoms. The lowest BCUT2D eigenvalue weighted by Crippen LogP contribution is -2.36. The van der Waals surface area contributed by atoms with E-state index in [0.29, 0.717) is 6.42 Å². The first-order valence-corrected chi connectivity index (χ1v) is 12.5. The molecule has 5 heteroatoms. The van der Waals surface area contributed by atoms with E-state index < -0.39 is 12.2 Å². The summed E-state index contributed by atoms with van der Waals surface area (Å²) in [4.78, 5) is 23.9. The highest BCUT2D eigenvalue weighted by Crippen LogP contribution is 2.53. The average Bonchev–Trinajstić information content (AvgIpc) is 3.05. The smallest absolute Gasteiger partial charge is 0.305 e. The molecule has 4 unspecified atom stereocenters. The minimum Gasteiger partial charge on any atom is -0.469 e. The van der Waals surface area contributed by atoms with Crippen LogP contribution in [0.1, 0.15) is 107 Å². The van der Waals surface area contributed by atoms with Crippen molar-refractivity contribution in [3.8, 4) is 0 Å². The second-order valence-corrected chi connectivity index (χ2v) is 9.94. The van der Waals surface area contributed by atoms with E-state index in [9.17, 15) is 19.8 Å². The van der Waals surface area contributed by atoms with Gasteiger partial charge in [-0.1, -0.05) is 63.3 Å². The Morgan fingerprint density at radius 3 is 2.62 bits per heavy atom. The molecule has 0 amide bonds. The largest absolute Gasteiger partial charge is 0.469 e. The molecular formula is C27H40O5. The Bertz CT molecular complexity index is 769. The lowest BCUT2D eigenvalue weighted by Gasteiger charge is -2.46. The fourth-order valence-corrected chi connectivity index (χ4v) is 5.92. The SMILES string of the molecule is CCCC1(C(O)c2cccc(C3C(O)CC(=O)C3CCCCCCC(=O)OC)c2)CCC1. The third-order valence-electron chi connectivity index (χ3n) is 7.83. The Hall–Kier alpha value is -1.72. The normalized spacial score (nSPS) is 25.4. The molecule has 5 nitrogen and oxygen atoms in total. The number of carbonyl (C=O) groups excluding carboxylic acids is 2. The molecular weight excluding hydrogens is 404 g/mol. The van der Waals surface area contributed by atoms with Gasteiger partial charge in [0.05, 0.1) is 19.3 Å². The Labute approximate surface area is 192 Å². The minimum absolute atomic E-state index is 0.0128. The van der Waals surface area contributed by atoms with E-state index in [0.717, 1.165) is 68.9 Å². The van der Waals surface area contributed by atoms with Gasteiger partial charge < -0.3 is 14.9 Å². The number of aliphatic hydroxyl groups is 2. The van der Waals surface area contributed by atoms with Crippen LogP contribution in [-0.2, 0) is 14.3 Å². The maximum atomic E-state index is 12.7. The van der Waals surface area contributed by atoms with E-state index in [-0.39, 0.29) is 35.4 Å². The van der Waals surface area contributed by atoms with E-state index in [1.54, 1.807) is 0 Å². The van der Waals surface area contributed by atoms with Gasteiger partial charge in [-0.25, -0.2) is 0 Å². The number of benzene rings is 1. The molecule has 0 aromatic heterocycles. The zero-order valence-electron chi connectivity index (χ0n) is 19.7. The highest BCUT2D eigenvalue weighted by molar-refractivity contribution is 5.85. The Morgan fingerprint density at radius 1 is 1.22 bits per heavy atom. The standard InChI is InChI=1S/C27H40O5/c1-3-14-27(15-9-16-27)26(31)20-11-8-10-19(17-20)25-21(22(28)18-23(25)29)12-6-4-5-7-13-24(30)32-2/h8,10-11,17,21,23,25-26,29,31H,3-7,9,12-16,18H2,1-2H3. The number of hydrogen-bond donors (Lipinski definition) is 2. The summed E-state index contributed by atoms with van der Waals surface area (Å²) >= 11 is 0. The number of ketones is 1. The van der Waals surface area contributed by atoms with E-state index >= 15 is 0 Å². The molecule has 3 rings (SSSR count). The summed E-state index contributed by atoms with van der Waals surface area (Å²) in [6.07, 6.45) is 9.26. The fourth-order valence-electron chi connectivity index (χ4n) is 5.92. The van der Waals surface area contributed by atoms with Gasteiger partial charge in [-0.05, 0) is 43.2 Å². The first-order chi connectivity index (χ1) is 15.4. The lowest BCUT2D eigenvalue weighted by atomic mass is 9.61. The molecule has 0 bridgehead atoms. The van der Waals surface area contributed by atoms with Gasteiger partial charge in [-0.15, -0.1) is 0 Å². The summed E-state index contributed by atoms with van der Waals surface area (Å²) < 4.78 is 4.67. The quantitative estimate of drug-likeness (QED) is 0.340. The zero-order valence-corrected chi connectivity index (χ0v) is 19.7. The van der Waals surface area contributed by atoms with Gasteiger partial charge in [0.2, 0.25) is 0 Å². The zero-order chi connectivity index (χ0) is 23.1. The van der Waals surface area contributed by atoms with Crippen LogP contribution in [0.5, 0.6) is 0 Å².